The highest BCUT2D eigenvalue weighted by Gasteiger charge is 2.38. The zero-order valence-corrected chi connectivity index (χ0v) is 14.6. The third kappa shape index (κ3) is 3.12. The zero-order valence-electron chi connectivity index (χ0n) is 12.8. The summed E-state index contributed by atoms with van der Waals surface area (Å²) in [5.74, 6) is 1.76. The molecule has 0 spiro atoms. The first-order chi connectivity index (χ1) is 9.18. The lowest BCUT2D eigenvalue weighted by molar-refractivity contribution is 0.0816. The van der Waals surface area contributed by atoms with Crippen molar-refractivity contribution in [1.82, 2.24) is 4.90 Å². The van der Waals surface area contributed by atoms with Gasteiger partial charge in [-0.2, -0.15) is 0 Å². The fourth-order valence-electron chi connectivity index (χ4n) is 3.77. The molecule has 1 saturated heterocycles. The number of rotatable bonds is 3. The zero-order chi connectivity index (χ0) is 13.3. The van der Waals surface area contributed by atoms with Crippen LogP contribution < -0.4 is 0 Å². The smallest absolute Gasteiger partial charge is 0.00156 e. The molecular formula is C18H28BrN. The first-order valence-electron chi connectivity index (χ1n) is 7.96. The fourth-order valence-corrected chi connectivity index (χ4v) is 3.77. The van der Waals surface area contributed by atoms with E-state index in [9.17, 15) is 0 Å². The molecule has 112 valence electrons. The quantitative estimate of drug-likeness (QED) is 0.774. The van der Waals surface area contributed by atoms with E-state index in [1.54, 1.807) is 0 Å². The van der Waals surface area contributed by atoms with Crippen LogP contribution in [-0.4, -0.2) is 24.5 Å². The number of benzene rings is 1. The van der Waals surface area contributed by atoms with E-state index in [0.717, 1.165) is 11.8 Å². The maximum Gasteiger partial charge on any atom is 0.00156 e. The Morgan fingerprint density at radius 1 is 1.20 bits per heavy atom. The number of piperidine rings is 1. The summed E-state index contributed by atoms with van der Waals surface area (Å²) >= 11 is 0. The van der Waals surface area contributed by atoms with Crippen LogP contribution in [0.15, 0.2) is 30.3 Å². The van der Waals surface area contributed by atoms with Crippen molar-refractivity contribution in [1.29, 1.82) is 0 Å². The molecule has 2 heteroatoms. The molecule has 0 amide bonds. The highest BCUT2D eigenvalue weighted by molar-refractivity contribution is 8.93. The number of nitrogens with zero attached hydrogens (tertiary/aromatic N) is 1. The van der Waals surface area contributed by atoms with E-state index < -0.39 is 0 Å². The molecule has 2 atom stereocenters. The van der Waals surface area contributed by atoms with Gasteiger partial charge in [-0.05, 0) is 48.6 Å². The SMILES string of the molecule is Br.C[C@H]1CN(CC2CCC2)CC[C@@]1(C)c1ccccc1. The highest BCUT2D eigenvalue weighted by atomic mass is 79.9. The van der Waals surface area contributed by atoms with Crippen molar-refractivity contribution >= 4 is 17.0 Å². The summed E-state index contributed by atoms with van der Waals surface area (Å²) in [5, 5.41) is 0. The summed E-state index contributed by atoms with van der Waals surface area (Å²) in [6.07, 6.45) is 5.72. The van der Waals surface area contributed by atoms with Gasteiger partial charge in [0.15, 0.2) is 0 Å². The lowest BCUT2D eigenvalue weighted by Crippen LogP contribution is -2.49. The van der Waals surface area contributed by atoms with Crippen LogP contribution in [0.1, 0.15) is 45.1 Å². The second-order valence-electron chi connectivity index (χ2n) is 6.99. The summed E-state index contributed by atoms with van der Waals surface area (Å²) < 4.78 is 0. The van der Waals surface area contributed by atoms with E-state index >= 15 is 0 Å². The average molecular weight is 338 g/mol. The van der Waals surface area contributed by atoms with E-state index in [-0.39, 0.29) is 17.0 Å². The topological polar surface area (TPSA) is 3.24 Å². The largest absolute Gasteiger partial charge is 0.303 e. The van der Waals surface area contributed by atoms with Crippen LogP contribution in [0.3, 0.4) is 0 Å². The van der Waals surface area contributed by atoms with E-state index in [0.29, 0.717) is 5.41 Å². The Balaban J connectivity index is 0.00000147. The summed E-state index contributed by atoms with van der Waals surface area (Å²) in [6, 6.07) is 11.1. The maximum atomic E-state index is 2.72. The Kier molecular flexibility index (Phi) is 5.30. The number of hydrogen-bond acceptors (Lipinski definition) is 1. The molecule has 1 nitrogen and oxygen atoms in total. The van der Waals surface area contributed by atoms with Crippen LogP contribution in [0.25, 0.3) is 0 Å². The van der Waals surface area contributed by atoms with Gasteiger partial charge in [0, 0.05) is 13.1 Å². The van der Waals surface area contributed by atoms with Gasteiger partial charge in [-0.1, -0.05) is 50.6 Å². The van der Waals surface area contributed by atoms with Gasteiger partial charge in [0.2, 0.25) is 0 Å². The molecule has 1 aliphatic carbocycles. The van der Waals surface area contributed by atoms with Gasteiger partial charge < -0.3 is 4.90 Å². The van der Waals surface area contributed by atoms with Crippen LogP contribution in [0.2, 0.25) is 0 Å². The number of halogens is 1. The Morgan fingerprint density at radius 3 is 2.45 bits per heavy atom. The maximum absolute atomic E-state index is 2.72. The molecule has 1 aromatic rings. The lowest BCUT2D eigenvalue weighted by Gasteiger charge is -2.46. The van der Waals surface area contributed by atoms with Crippen LogP contribution >= 0.6 is 17.0 Å². The lowest BCUT2D eigenvalue weighted by atomic mass is 9.68. The Hall–Kier alpha value is -0.340. The Bertz CT molecular complexity index is 415. The second-order valence-corrected chi connectivity index (χ2v) is 6.99. The van der Waals surface area contributed by atoms with Crippen molar-refractivity contribution in [3.05, 3.63) is 35.9 Å². The van der Waals surface area contributed by atoms with E-state index in [2.05, 4.69) is 49.1 Å². The van der Waals surface area contributed by atoms with Crippen LogP contribution in [0.4, 0.5) is 0 Å². The molecule has 0 N–H and O–H groups in total. The van der Waals surface area contributed by atoms with Gasteiger partial charge in [-0.15, -0.1) is 17.0 Å². The van der Waals surface area contributed by atoms with Crippen molar-refractivity contribution in [2.75, 3.05) is 19.6 Å². The molecule has 0 radical (unpaired) electrons. The number of likely N-dealkylation sites (tertiary alicyclic amines) is 1. The molecule has 2 aliphatic rings. The minimum absolute atomic E-state index is 0. The van der Waals surface area contributed by atoms with Gasteiger partial charge in [0.25, 0.3) is 0 Å². The minimum Gasteiger partial charge on any atom is -0.303 e. The first kappa shape index (κ1) is 16.0. The van der Waals surface area contributed by atoms with Gasteiger partial charge in [0.1, 0.15) is 0 Å². The van der Waals surface area contributed by atoms with Crippen molar-refractivity contribution < 1.29 is 0 Å². The standard InChI is InChI=1S/C18H27N.BrH/c1-15-13-19(14-16-7-6-8-16)12-11-18(15,2)17-9-4-3-5-10-17;/h3-5,9-10,15-16H,6-8,11-14H2,1-2H3;1H/t15-,18+;/m0./s1. The van der Waals surface area contributed by atoms with Crippen molar-refractivity contribution in [2.24, 2.45) is 11.8 Å². The predicted octanol–water partition coefficient (Wildman–Crippen LogP) is 4.66. The van der Waals surface area contributed by atoms with E-state index in [1.165, 1.54) is 50.9 Å². The average Bonchev–Trinajstić information content (AvgIpc) is 2.39. The fraction of sp³-hybridized carbons (Fsp3) is 0.667. The molecule has 1 aromatic carbocycles. The minimum atomic E-state index is 0. The summed E-state index contributed by atoms with van der Waals surface area (Å²) in [4.78, 5) is 2.72. The Labute approximate surface area is 134 Å². The molecule has 20 heavy (non-hydrogen) atoms. The van der Waals surface area contributed by atoms with Crippen LogP contribution in [-0.2, 0) is 5.41 Å². The predicted molar refractivity (Wildman–Crippen MR) is 91.7 cm³/mol. The second kappa shape index (κ2) is 6.62. The van der Waals surface area contributed by atoms with Crippen molar-refractivity contribution in [3.63, 3.8) is 0 Å². The molecule has 1 heterocycles. The van der Waals surface area contributed by atoms with Gasteiger partial charge >= 0.3 is 0 Å². The first-order valence-corrected chi connectivity index (χ1v) is 7.96. The molecule has 0 aromatic heterocycles. The molecule has 2 fully saturated rings. The van der Waals surface area contributed by atoms with Gasteiger partial charge in [0.05, 0.1) is 0 Å². The molecule has 0 unspecified atom stereocenters. The third-order valence-electron chi connectivity index (χ3n) is 5.74. The summed E-state index contributed by atoms with van der Waals surface area (Å²) in [5.41, 5.74) is 1.91. The van der Waals surface area contributed by atoms with Crippen molar-refractivity contribution in [2.45, 2.75) is 44.9 Å². The monoisotopic (exact) mass is 337 g/mol. The number of hydrogen-bond donors (Lipinski definition) is 0. The van der Waals surface area contributed by atoms with Crippen molar-refractivity contribution in [3.8, 4) is 0 Å². The highest BCUT2D eigenvalue weighted by Crippen LogP contribution is 2.40. The molecule has 0 bridgehead atoms. The third-order valence-corrected chi connectivity index (χ3v) is 5.74. The molecule has 1 saturated carbocycles. The van der Waals surface area contributed by atoms with Gasteiger partial charge in [-0.25, -0.2) is 0 Å². The summed E-state index contributed by atoms with van der Waals surface area (Å²) in [7, 11) is 0. The van der Waals surface area contributed by atoms with E-state index in [4.69, 9.17) is 0 Å². The Morgan fingerprint density at radius 2 is 1.90 bits per heavy atom. The van der Waals surface area contributed by atoms with Crippen LogP contribution in [0, 0.1) is 11.8 Å². The molecular weight excluding hydrogens is 310 g/mol. The van der Waals surface area contributed by atoms with E-state index in [1.807, 2.05) is 0 Å². The molecule has 3 rings (SSSR count). The summed E-state index contributed by atoms with van der Waals surface area (Å²) in [6.45, 7) is 8.83. The molecule has 1 aliphatic heterocycles. The van der Waals surface area contributed by atoms with Gasteiger partial charge in [-0.3, -0.25) is 0 Å². The normalized spacial score (nSPS) is 31.4. The van der Waals surface area contributed by atoms with Crippen LogP contribution in [0.5, 0.6) is 0 Å².